The molecule has 0 aromatic carbocycles. The van der Waals surface area contributed by atoms with E-state index in [0.29, 0.717) is 0 Å². The van der Waals surface area contributed by atoms with Gasteiger partial charge in [0.2, 0.25) is 0 Å². The maximum Gasteiger partial charge on any atom is 0.0952 e. The molecule has 4 heteroatoms. The molecule has 0 saturated carbocycles. The van der Waals surface area contributed by atoms with Crippen LogP contribution in [0.15, 0.2) is 6.33 Å². The normalized spacial score (nSPS) is 14.7. The molecule has 0 atom stereocenters. The highest BCUT2D eigenvalue weighted by Gasteiger charge is 2.14. The Morgan fingerprint density at radius 2 is 2.22 bits per heavy atom. The zero-order chi connectivity index (χ0) is 12.6. The minimum atomic E-state index is 0.821. The number of fused-ring (bicyclic) bond motifs is 1. The van der Waals surface area contributed by atoms with Crippen LogP contribution in [0.25, 0.3) is 0 Å². The fourth-order valence-electron chi connectivity index (χ4n) is 2.49. The van der Waals surface area contributed by atoms with Gasteiger partial charge in [-0.2, -0.15) is 0 Å². The third-order valence-corrected chi connectivity index (χ3v) is 3.49. The van der Waals surface area contributed by atoms with Crippen LogP contribution < -0.4 is 5.32 Å². The van der Waals surface area contributed by atoms with Crippen molar-refractivity contribution in [3.63, 3.8) is 0 Å². The number of nitrogens with one attached hydrogen (secondary N) is 1. The Labute approximate surface area is 110 Å². The summed E-state index contributed by atoms with van der Waals surface area (Å²) in [6.07, 6.45) is 8.11. The van der Waals surface area contributed by atoms with Crippen LogP contribution in [-0.4, -0.2) is 35.9 Å². The SMILES string of the molecule is CCOCCCNCCn1cnc2c1CCCC2. The Morgan fingerprint density at radius 3 is 3.11 bits per heavy atom. The molecular weight excluding hydrogens is 226 g/mol. The summed E-state index contributed by atoms with van der Waals surface area (Å²) in [7, 11) is 0. The molecule has 0 radical (unpaired) electrons. The van der Waals surface area contributed by atoms with E-state index < -0.39 is 0 Å². The van der Waals surface area contributed by atoms with Gasteiger partial charge in [0.05, 0.1) is 12.0 Å². The second-order valence-electron chi connectivity index (χ2n) is 4.84. The zero-order valence-electron chi connectivity index (χ0n) is 11.5. The van der Waals surface area contributed by atoms with Crippen molar-refractivity contribution in [2.45, 2.75) is 45.6 Å². The number of hydrogen-bond donors (Lipinski definition) is 1. The first kappa shape index (κ1) is 13.6. The topological polar surface area (TPSA) is 39.1 Å². The molecule has 1 heterocycles. The van der Waals surface area contributed by atoms with Crippen molar-refractivity contribution in [3.8, 4) is 0 Å². The molecule has 0 unspecified atom stereocenters. The molecule has 0 bridgehead atoms. The Bertz CT molecular complexity index is 349. The Hall–Kier alpha value is -0.870. The van der Waals surface area contributed by atoms with Gasteiger partial charge in [0, 0.05) is 32.0 Å². The number of nitrogens with zero attached hydrogens (tertiary/aromatic N) is 2. The minimum Gasteiger partial charge on any atom is -0.382 e. The summed E-state index contributed by atoms with van der Waals surface area (Å²) in [4.78, 5) is 4.51. The third kappa shape index (κ3) is 3.82. The zero-order valence-corrected chi connectivity index (χ0v) is 11.5. The predicted molar refractivity (Wildman–Crippen MR) is 72.8 cm³/mol. The molecule has 2 rings (SSSR count). The largest absolute Gasteiger partial charge is 0.382 e. The maximum absolute atomic E-state index is 5.31. The summed E-state index contributed by atoms with van der Waals surface area (Å²) in [5.41, 5.74) is 2.80. The van der Waals surface area contributed by atoms with E-state index in [2.05, 4.69) is 14.9 Å². The van der Waals surface area contributed by atoms with Crippen molar-refractivity contribution in [1.82, 2.24) is 14.9 Å². The summed E-state index contributed by atoms with van der Waals surface area (Å²) >= 11 is 0. The van der Waals surface area contributed by atoms with E-state index in [1.165, 1.54) is 37.1 Å². The fourth-order valence-corrected chi connectivity index (χ4v) is 2.49. The number of rotatable bonds is 8. The van der Waals surface area contributed by atoms with Crippen molar-refractivity contribution in [3.05, 3.63) is 17.7 Å². The monoisotopic (exact) mass is 251 g/mol. The first-order valence-corrected chi connectivity index (χ1v) is 7.23. The van der Waals surface area contributed by atoms with Crippen LogP contribution in [0.5, 0.6) is 0 Å². The highest BCUT2D eigenvalue weighted by molar-refractivity contribution is 5.16. The molecule has 1 aliphatic rings. The van der Waals surface area contributed by atoms with E-state index in [1.807, 2.05) is 13.3 Å². The number of imidazole rings is 1. The molecule has 102 valence electrons. The summed E-state index contributed by atoms with van der Waals surface area (Å²) in [6.45, 7) is 6.82. The van der Waals surface area contributed by atoms with Crippen LogP contribution >= 0.6 is 0 Å². The second kappa shape index (κ2) is 7.54. The molecule has 0 aliphatic heterocycles. The minimum absolute atomic E-state index is 0.821. The lowest BCUT2D eigenvalue weighted by Crippen LogP contribution is -2.23. The molecule has 0 saturated heterocycles. The Kier molecular flexibility index (Phi) is 5.68. The van der Waals surface area contributed by atoms with E-state index in [1.54, 1.807) is 0 Å². The molecule has 4 nitrogen and oxygen atoms in total. The number of aromatic nitrogens is 2. The van der Waals surface area contributed by atoms with Gasteiger partial charge >= 0.3 is 0 Å². The van der Waals surface area contributed by atoms with E-state index in [9.17, 15) is 0 Å². The summed E-state index contributed by atoms with van der Waals surface area (Å²) in [6, 6.07) is 0. The fraction of sp³-hybridized carbons (Fsp3) is 0.786. The molecule has 1 aromatic rings. The molecule has 1 N–H and O–H groups in total. The standard InChI is InChI=1S/C14H25N3O/c1-2-18-11-5-8-15-9-10-17-12-16-13-6-3-4-7-14(13)17/h12,15H,2-11H2,1H3. The molecule has 1 aromatic heterocycles. The van der Waals surface area contributed by atoms with Crippen LogP contribution in [-0.2, 0) is 24.1 Å². The highest BCUT2D eigenvalue weighted by atomic mass is 16.5. The lowest BCUT2D eigenvalue weighted by atomic mass is 10.0. The van der Waals surface area contributed by atoms with Gasteiger partial charge in [0.1, 0.15) is 0 Å². The van der Waals surface area contributed by atoms with Gasteiger partial charge in [-0.05, 0) is 45.6 Å². The second-order valence-corrected chi connectivity index (χ2v) is 4.84. The molecule has 0 amide bonds. The quantitative estimate of drug-likeness (QED) is 0.716. The average Bonchev–Trinajstić information content (AvgIpc) is 2.81. The van der Waals surface area contributed by atoms with Crippen molar-refractivity contribution in [2.24, 2.45) is 0 Å². The van der Waals surface area contributed by atoms with E-state index >= 15 is 0 Å². The van der Waals surface area contributed by atoms with Gasteiger partial charge in [-0.1, -0.05) is 0 Å². The summed E-state index contributed by atoms with van der Waals surface area (Å²) < 4.78 is 7.63. The van der Waals surface area contributed by atoms with Crippen molar-refractivity contribution in [1.29, 1.82) is 0 Å². The Balaban J connectivity index is 1.63. The van der Waals surface area contributed by atoms with Crippen LogP contribution in [0.4, 0.5) is 0 Å². The van der Waals surface area contributed by atoms with Gasteiger partial charge in [-0.15, -0.1) is 0 Å². The number of ether oxygens (including phenoxy) is 1. The molecule has 1 aliphatic carbocycles. The first-order valence-electron chi connectivity index (χ1n) is 7.23. The van der Waals surface area contributed by atoms with Crippen molar-refractivity contribution < 1.29 is 4.74 Å². The number of hydrogen-bond acceptors (Lipinski definition) is 3. The van der Waals surface area contributed by atoms with E-state index in [4.69, 9.17) is 4.74 Å². The van der Waals surface area contributed by atoms with Gasteiger partial charge in [-0.3, -0.25) is 0 Å². The number of aryl methyl sites for hydroxylation is 1. The smallest absolute Gasteiger partial charge is 0.0952 e. The highest BCUT2D eigenvalue weighted by Crippen LogP contribution is 2.19. The van der Waals surface area contributed by atoms with Crippen LogP contribution in [0.2, 0.25) is 0 Å². The van der Waals surface area contributed by atoms with Gasteiger partial charge in [0.25, 0.3) is 0 Å². The van der Waals surface area contributed by atoms with E-state index in [-0.39, 0.29) is 0 Å². The van der Waals surface area contributed by atoms with Crippen LogP contribution in [0, 0.1) is 0 Å². The Morgan fingerprint density at radius 1 is 1.33 bits per heavy atom. The van der Waals surface area contributed by atoms with E-state index in [0.717, 1.165) is 39.3 Å². The molecule has 18 heavy (non-hydrogen) atoms. The average molecular weight is 251 g/mol. The first-order chi connectivity index (χ1) is 8.92. The lowest BCUT2D eigenvalue weighted by molar-refractivity contribution is 0.145. The van der Waals surface area contributed by atoms with Crippen molar-refractivity contribution >= 4 is 0 Å². The van der Waals surface area contributed by atoms with Crippen LogP contribution in [0.3, 0.4) is 0 Å². The maximum atomic E-state index is 5.31. The van der Waals surface area contributed by atoms with Gasteiger partial charge in [-0.25, -0.2) is 4.98 Å². The van der Waals surface area contributed by atoms with Crippen molar-refractivity contribution in [2.75, 3.05) is 26.3 Å². The predicted octanol–water partition coefficient (Wildman–Crippen LogP) is 1.78. The van der Waals surface area contributed by atoms with Crippen LogP contribution in [0.1, 0.15) is 37.6 Å². The molecule has 0 fully saturated rings. The summed E-state index contributed by atoms with van der Waals surface area (Å²) in [5.74, 6) is 0. The van der Waals surface area contributed by atoms with Gasteiger partial charge < -0.3 is 14.6 Å². The third-order valence-electron chi connectivity index (χ3n) is 3.49. The molecular formula is C14H25N3O. The lowest BCUT2D eigenvalue weighted by Gasteiger charge is -2.14. The summed E-state index contributed by atoms with van der Waals surface area (Å²) in [5, 5.41) is 3.46. The molecule has 0 spiro atoms. The van der Waals surface area contributed by atoms with Gasteiger partial charge in [0.15, 0.2) is 0 Å².